The maximum Gasteiger partial charge on any atom is 0.290 e. The Kier molecular flexibility index (Phi) is 6.09. The molecule has 0 radical (unpaired) electrons. The lowest BCUT2D eigenvalue weighted by atomic mass is 9.82. The lowest BCUT2D eigenvalue weighted by molar-refractivity contribution is -0.130. The first-order chi connectivity index (χ1) is 14.8. The van der Waals surface area contributed by atoms with Crippen molar-refractivity contribution in [3.05, 3.63) is 71.0 Å². The van der Waals surface area contributed by atoms with E-state index < -0.39 is 28.7 Å². The van der Waals surface area contributed by atoms with E-state index in [1.807, 2.05) is 45.0 Å². The quantitative estimate of drug-likeness (QED) is 0.681. The van der Waals surface area contributed by atoms with Crippen LogP contribution in [0.3, 0.4) is 0 Å². The molecule has 1 aliphatic rings. The normalized spacial score (nSPS) is 17.1. The second-order valence-corrected chi connectivity index (χ2v) is 10.1. The summed E-state index contributed by atoms with van der Waals surface area (Å²) in [4.78, 5) is 27.9. The number of aliphatic hydroxyl groups excluding tert-OH is 1. The topological polar surface area (TPSA) is 87.1 Å². The summed E-state index contributed by atoms with van der Waals surface area (Å²) in [5, 5.41) is 20.5. The number of hydrogen-bond donors (Lipinski definition) is 2. The lowest BCUT2D eigenvalue weighted by Gasteiger charge is -2.30. The van der Waals surface area contributed by atoms with Crippen molar-refractivity contribution < 1.29 is 24.5 Å². The fraction of sp³-hybridized carbons (Fsp3) is 0.385. The summed E-state index contributed by atoms with van der Waals surface area (Å²) in [5.41, 5.74) is 0.235. The first-order valence-electron chi connectivity index (χ1n) is 10.6. The van der Waals surface area contributed by atoms with Gasteiger partial charge in [-0.2, -0.15) is 0 Å². The second kappa shape index (κ2) is 8.34. The van der Waals surface area contributed by atoms with Crippen LogP contribution in [0.15, 0.2) is 59.9 Å². The molecular weight excluding hydrogens is 406 g/mol. The SMILES string of the molecule is CC(C)(C)Oc1ccccc1CN1C(=O)C(O)=C(C(=O)C(C)(C)C)C1c1ccc(O)cc1. The van der Waals surface area contributed by atoms with Crippen molar-refractivity contribution >= 4 is 11.7 Å². The van der Waals surface area contributed by atoms with Crippen LogP contribution in [0.5, 0.6) is 11.5 Å². The van der Waals surface area contributed by atoms with E-state index in [-0.39, 0.29) is 23.7 Å². The monoisotopic (exact) mass is 437 g/mol. The molecule has 1 aliphatic heterocycles. The van der Waals surface area contributed by atoms with Crippen LogP contribution in [0, 0.1) is 5.41 Å². The molecular formula is C26H31NO5. The zero-order valence-electron chi connectivity index (χ0n) is 19.5. The molecule has 1 amide bonds. The number of ketones is 1. The molecule has 0 bridgehead atoms. The minimum Gasteiger partial charge on any atom is -0.508 e. The average Bonchev–Trinajstić information content (AvgIpc) is 2.92. The molecule has 2 aromatic rings. The molecule has 1 atom stereocenters. The molecule has 1 heterocycles. The van der Waals surface area contributed by atoms with Crippen molar-refractivity contribution in [3.8, 4) is 11.5 Å². The minimum atomic E-state index is -0.790. The number of rotatable bonds is 5. The number of phenols is 1. The van der Waals surface area contributed by atoms with E-state index in [9.17, 15) is 19.8 Å². The highest BCUT2D eigenvalue weighted by molar-refractivity contribution is 6.10. The number of aromatic hydroxyl groups is 1. The van der Waals surface area contributed by atoms with E-state index in [4.69, 9.17) is 4.74 Å². The van der Waals surface area contributed by atoms with Gasteiger partial charge in [-0.3, -0.25) is 9.59 Å². The van der Waals surface area contributed by atoms with Crippen LogP contribution in [-0.2, 0) is 16.1 Å². The van der Waals surface area contributed by atoms with Gasteiger partial charge < -0.3 is 19.8 Å². The zero-order valence-corrected chi connectivity index (χ0v) is 19.5. The number of carbonyl (C=O) groups excluding carboxylic acids is 2. The van der Waals surface area contributed by atoms with Gasteiger partial charge in [0.1, 0.15) is 17.1 Å². The molecule has 0 saturated heterocycles. The number of carbonyl (C=O) groups is 2. The van der Waals surface area contributed by atoms with Crippen molar-refractivity contribution in [1.29, 1.82) is 0 Å². The number of hydrogen-bond acceptors (Lipinski definition) is 5. The van der Waals surface area contributed by atoms with Gasteiger partial charge in [0, 0.05) is 11.0 Å². The Hall–Kier alpha value is -3.28. The first-order valence-corrected chi connectivity index (χ1v) is 10.6. The van der Waals surface area contributed by atoms with Gasteiger partial charge in [-0.1, -0.05) is 51.1 Å². The van der Waals surface area contributed by atoms with Crippen LogP contribution in [0.4, 0.5) is 0 Å². The number of benzene rings is 2. The van der Waals surface area contributed by atoms with Crippen molar-refractivity contribution in [2.45, 2.75) is 59.7 Å². The van der Waals surface area contributed by atoms with Crippen LogP contribution in [0.1, 0.15) is 58.7 Å². The molecule has 0 aliphatic carbocycles. The number of para-hydroxylation sites is 1. The third-order valence-electron chi connectivity index (χ3n) is 5.17. The van der Waals surface area contributed by atoms with Gasteiger partial charge in [0.2, 0.25) is 0 Å². The summed E-state index contributed by atoms with van der Waals surface area (Å²) >= 11 is 0. The van der Waals surface area contributed by atoms with Gasteiger partial charge in [-0.25, -0.2) is 0 Å². The summed E-state index contributed by atoms with van der Waals surface area (Å²) in [6, 6.07) is 13.0. The number of ether oxygens (including phenoxy) is 1. The molecule has 3 rings (SSSR count). The summed E-state index contributed by atoms with van der Waals surface area (Å²) in [5.74, 6) is -0.737. The van der Waals surface area contributed by atoms with Crippen molar-refractivity contribution in [3.63, 3.8) is 0 Å². The molecule has 6 nitrogen and oxygen atoms in total. The first kappa shape index (κ1) is 23.4. The molecule has 1 unspecified atom stereocenters. The number of phenolic OH excluding ortho intramolecular Hbond substituents is 1. The predicted octanol–water partition coefficient (Wildman–Crippen LogP) is 5.08. The van der Waals surface area contributed by atoms with Crippen LogP contribution in [-0.4, -0.2) is 32.4 Å². The minimum absolute atomic E-state index is 0.0717. The molecule has 2 aromatic carbocycles. The summed E-state index contributed by atoms with van der Waals surface area (Å²) in [6.45, 7) is 11.2. The van der Waals surface area contributed by atoms with E-state index in [0.29, 0.717) is 11.3 Å². The van der Waals surface area contributed by atoms with E-state index in [1.165, 1.54) is 17.0 Å². The third-order valence-corrected chi connectivity index (χ3v) is 5.17. The van der Waals surface area contributed by atoms with Crippen molar-refractivity contribution in [1.82, 2.24) is 4.90 Å². The summed E-state index contributed by atoms with van der Waals surface area (Å²) in [7, 11) is 0. The lowest BCUT2D eigenvalue weighted by Crippen LogP contribution is -2.33. The van der Waals surface area contributed by atoms with Crippen molar-refractivity contribution in [2.75, 3.05) is 0 Å². The molecule has 170 valence electrons. The van der Waals surface area contributed by atoms with Gasteiger partial charge in [0.25, 0.3) is 5.91 Å². The van der Waals surface area contributed by atoms with Gasteiger partial charge in [-0.05, 0) is 44.5 Å². The van der Waals surface area contributed by atoms with E-state index in [2.05, 4.69) is 0 Å². The number of Topliss-reactive ketones (excluding diaryl/α,β-unsaturated/α-hetero) is 1. The Bertz CT molecular complexity index is 1050. The molecule has 6 heteroatoms. The Labute approximate surface area is 189 Å². The van der Waals surface area contributed by atoms with Crippen LogP contribution < -0.4 is 4.74 Å². The van der Waals surface area contributed by atoms with Crippen molar-refractivity contribution in [2.24, 2.45) is 5.41 Å². The molecule has 2 N–H and O–H groups in total. The molecule has 0 aromatic heterocycles. The number of amides is 1. The van der Waals surface area contributed by atoms with Gasteiger partial charge in [0.15, 0.2) is 11.5 Å². The van der Waals surface area contributed by atoms with Crippen LogP contribution >= 0.6 is 0 Å². The Balaban J connectivity index is 2.09. The van der Waals surface area contributed by atoms with Gasteiger partial charge in [0.05, 0.1) is 18.2 Å². The highest BCUT2D eigenvalue weighted by Crippen LogP contribution is 2.42. The van der Waals surface area contributed by atoms with Gasteiger partial charge in [-0.15, -0.1) is 0 Å². The average molecular weight is 438 g/mol. The third kappa shape index (κ3) is 4.79. The highest BCUT2D eigenvalue weighted by Gasteiger charge is 2.46. The van der Waals surface area contributed by atoms with E-state index in [1.54, 1.807) is 32.9 Å². The fourth-order valence-electron chi connectivity index (χ4n) is 3.70. The Morgan fingerprint density at radius 3 is 2.12 bits per heavy atom. The van der Waals surface area contributed by atoms with E-state index >= 15 is 0 Å². The number of aliphatic hydroxyl groups is 1. The van der Waals surface area contributed by atoms with E-state index in [0.717, 1.165) is 5.56 Å². The highest BCUT2D eigenvalue weighted by atomic mass is 16.5. The second-order valence-electron chi connectivity index (χ2n) is 10.1. The molecule has 0 spiro atoms. The maximum absolute atomic E-state index is 13.3. The standard InChI is InChI=1S/C26H31NO5/c1-25(2,3)23(30)20-21(16-11-13-18(28)14-12-16)27(24(31)22(20)29)15-17-9-7-8-10-19(17)32-26(4,5)6/h7-14,21,28-29H,15H2,1-6H3. The van der Waals surface area contributed by atoms with Crippen LogP contribution in [0.2, 0.25) is 0 Å². The van der Waals surface area contributed by atoms with Gasteiger partial charge >= 0.3 is 0 Å². The summed E-state index contributed by atoms with van der Waals surface area (Å²) < 4.78 is 6.08. The molecule has 0 saturated carbocycles. The largest absolute Gasteiger partial charge is 0.508 e. The zero-order chi connectivity index (χ0) is 23.8. The molecule has 0 fully saturated rings. The maximum atomic E-state index is 13.3. The Morgan fingerprint density at radius 1 is 0.969 bits per heavy atom. The summed E-state index contributed by atoms with van der Waals surface area (Å²) in [6.07, 6.45) is 0. The fourth-order valence-corrected chi connectivity index (χ4v) is 3.70. The van der Waals surface area contributed by atoms with Crippen LogP contribution in [0.25, 0.3) is 0 Å². The molecule has 32 heavy (non-hydrogen) atoms. The predicted molar refractivity (Wildman–Crippen MR) is 122 cm³/mol. The number of nitrogens with zero attached hydrogens (tertiary/aromatic N) is 1. The smallest absolute Gasteiger partial charge is 0.290 e. The Morgan fingerprint density at radius 2 is 1.56 bits per heavy atom.